The summed E-state index contributed by atoms with van der Waals surface area (Å²) in [5.74, 6) is 1.97. The number of thiophene rings is 1. The quantitative estimate of drug-likeness (QED) is 0.193. The third-order valence-electron chi connectivity index (χ3n) is 8.75. The first-order valence-electron chi connectivity index (χ1n) is 15.7. The molecule has 220 valence electrons. The zero-order valence-corrected chi connectivity index (χ0v) is 26.2. The predicted molar refractivity (Wildman–Crippen MR) is 197 cm³/mol. The second-order valence-corrected chi connectivity index (χ2v) is 12.7. The van der Waals surface area contributed by atoms with Crippen molar-refractivity contribution < 1.29 is 0 Å². The van der Waals surface area contributed by atoms with E-state index in [0.717, 1.165) is 27.5 Å². The first-order chi connectivity index (χ1) is 23.3. The molecule has 7 aromatic carbocycles. The number of hydrogen-bond acceptors (Lipinski definition) is 4. The van der Waals surface area contributed by atoms with Gasteiger partial charge in [-0.2, -0.15) is 0 Å². The first-order valence-corrected chi connectivity index (χ1v) is 16.5. The van der Waals surface area contributed by atoms with E-state index >= 15 is 0 Å². The van der Waals surface area contributed by atoms with Crippen LogP contribution in [-0.4, -0.2) is 15.0 Å². The number of hydrogen-bond donors (Lipinski definition) is 0. The van der Waals surface area contributed by atoms with Gasteiger partial charge in [-0.25, -0.2) is 15.0 Å². The fourth-order valence-corrected chi connectivity index (χ4v) is 7.74. The summed E-state index contributed by atoms with van der Waals surface area (Å²) in [7, 11) is 0. The van der Waals surface area contributed by atoms with Crippen molar-refractivity contribution in [2.24, 2.45) is 0 Å². The van der Waals surface area contributed by atoms with Gasteiger partial charge in [-0.1, -0.05) is 146 Å². The lowest BCUT2D eigenvalue weighted by atomic mass is 9.92. The van der Waals surface area contributed by atoms with Crippen molar-refractivity contribution >= 4 is 42.3 Å². The topological polar surface area (TPSA) is 38.7 Å². The second-order valence-electron chi connectivity index (χ2n) is 11.6. The maximum Gasteiger partial charge on any atom is 0.164 e. The number of nitrogens with zero attached hydrogens (tertiary/aromatic N) is 3. The maximum atomic E-state index is 5.03. The van der Waals surface area contributed by atoms with Crippen molar-refractivity contribution in [1.29, 1.82) is 0 Å². The van der Waals surface area contributed by atoms with E-state index in [1.807, 2.05) is 72.0 Å². The van der Waals surface area contributed by atoms with E-state index < -0.39 is 0 Å². The highest BCUT2D eigenvalue weighted by Gasteiger charge is 2.17. The molecule has 0 saturated carbocycles. The minimum Gasteiger partial charge on any atom is -0.208 e. The van der Waals surface area contributed by atoms with Gasteiger partial charge in [0.05, 0.1) is 0 Å². The summed E-state index contributed by atoms with van der Waals surface area (Å²) >= 11 is 1.87. The minimum absolute atomic E-state index is 0.658. The van der Waals surface area contributed by atoms with Crippen molar-refractivity contribution in [3.05, 3.63) is 164 Å². The van der Waals surface area contributed by atoms with E-state index in [2.05, 4.69) is 103 Å². The van der Waals surface area contributed by atoms with Gasteiger partial charge in [-0.05, 0) is 51.2 Å². The Labute approximate surface area is 276 Å². The van der Waals surface area contributed by atoms with Crippen molar-refractivity contribution in [3.8, 4) is 56.4 Å². The molecule has 3 nitrogen and oxygen atoms in total. The molecule has 0 bridgehead atoms. The molecule has 4 heteroatoms. The first kappa shape index (κ1) is 27.3. The Balaban J connectivity index is 1.20. The van der Waals surface area contributed by atoms with Crippen LogP contribution >= 0.6 is 11.3 Å². The van der Waals surface area contributed by atoms with Gasteiger partial charge in [0.25, 0.3) is 0 Å². The molecule has 0 unspecified atom stereocenters. The van der Waals surface area contributed by atoms with Gasteiger partial charge in [0.1, 0.15) is 0 Å². The molecule has 0 aliphatic heterocycles. The van der Waals surface area contributed by atoms with Gasteiger partial charge in [-0.15, -0.1) is 11.3 Å². The van der Waals surface area contributed by atoms with Crippen molar-refractivity contribution in [2.45, 2.75) is 0 Å². The smallest absolute Gasteiger partial charge is 0.164 e. The molecular weight excluding hydrogens is 591 g/mol. The summed E-state index contributed by atoms with van der Waals surface area (Å²) in [6.45, 7) is 0. The lowest BCUT2D eigenvalue weighted by molar-refractivity contribution is 1.08. The van der Waals surface area contributed by atoms with Crippen LogP contribution in [0, 0.1) is 0 Å². The van der Waals surface area contributed by atoms with E-state index in [4.69, 9.17) is 15.0 Å². The number of fused-ring (bicyclic) bond motifs is 4. The molecule has 2 aromatic heterocycles. The number of benzene rings is 7. The number of rotatable bonds is 5. The third kappa shape index (κ3) is 4.87. The van der Waals surface area contributed by atoms with E-state index in [-0.39, 0.29) is 0 Å². The van der Waals surface area contributed by atoms with Gasteiger partial charge in [0.2, 0.25) is 0 Å². The summed E-state index contributed by atoms with van der Waals surface area (Å²) in [6, 6.07) is 57.4. The molecule has 9 aromatic rings. The molecule has 0 radical (unpaired) electrons. The summed E-state index contributed by atoms with van der Waals surface area (Å²) in [5.41, 5.74) is 7.72. The Morgan fingerprint density at radius 2 is 0.809 bits per heavy atom. The van der Waals surface area contributed by atoms with E-state index in [1.54, 1.807) is 0 Å². The van der Waals surface area contributed by atoms with Gasteiger partial charge < -0.3 is 0 Å². The lowest BCUT2D eigenvalue weighted by Crippen LogP contribution is -2.00. The average molecular weight is 618 g/mol. The summed E-state index contributed by atoms with van der Waals surface area (Å²) in [4.78, 5) is 15.0. The highest BCUT2D eigenvalue weighted by molar-refractivity contribution is 7.26. The van der Waals surface area contributed by atoms with Crippen LogP contribution in [0.15, 0.2) is 164 Å². The van der Waals surface area contributed by atoms with E-state index in [0.29, 0.717) is 17.5 Å². The predicted octanol–water partition coefficient (Wildman–Crippen LogP) is 11.7. The largest absolute Gasteiger partial charge is 0.208 e. The van der Waals surface area contributed by atoms with E-state index in [1.165, 1.54) is 42.4 Å². The van der Waals surface area contributed by atoms with Crippen molar-refractivity contribution in [1.82, 2.24) is 15.0 Å². The highest BCUT2D eigenvalue weighted by Crippen LogP contribution is 2.41. The monoisotopic (exact) mass is 617 g/mol. The van der Waals surface area contributed by atoms with Crippen molar-refractivity contribution in [3.63, 3.8) is 0 Å². The maximum absolute atomic E-state index is 5.03. The Kier molecular flexibility index (Phi) is 6.65. The molecule has 0 aliphatic rings. The average Bonchev–Trinajstić information content (AvgIpc) is 3.54. The van der Waals surface area contributed by atoms with Gasteiger partial charge >= 0.3 is 0 Å². The molecule has 0 saturated heterocycles. The molecule has 0 fully saturated rings. The Morgan fingerprint density at radius 3 is 1.51 bits per heavy atom. The Hall–Kier alpha value is -5.97. The van der Waals surface area contributed by atoms with Gasteiger partial charge in [0.15, 0.2) is 17.5 Å². The van der Waals surface area contributed by atoms with Crippen LogP contribution < -0.4 is 0 Å². The zero-order chi connectivity index (χ0) is 31.2. The fraction of sp³-hybridized carbons (Fsp3) is 0. The molecule has 0 N–H and O–H groups in total. The van der Waals surface area contributed by atoms with Gasteiger partial charge in [-0.3, -0.25) is 0 Å². The van der Waals surface area contributed by atoms with Crippen LogP contribution in [0.2, 0.25) is 0 Å². The lowest BCUT2D eigenvalue weighted by Gasteiger charge is -2.14. The fourth-order valence-electron chi connectivity index (χ4n) is 6.50. The molecule has 0 amide bonds. The van der Waals surface area contributed by atoms with Crippen LogP contribution in [0.25, 0.3) is 87.4 Å². The zero-order valence-electron chi connectivity index (χ0n) is 25.3. The van der Waals surface area contributed by atoms with Gasteiger partial charge in [0, 0.05) is 36.9 Å². The molecule has 9 rings (SSSR count). The SMILES string of the molecule is c1ccc(-c2nc(-c3ccccc3)nc(-c3ccc(-c4cccc(-c5cccc6c5sc5ccccc56)c4)c4ccccc34)n2)cc1. The van der Waals surface area contributed by atoms with Crippen LogP contribution in [-0.2, 0) is 0 Å². The molecule has 47 heavy (non-hydrogen) atoms. The molecule has 0 spiro atoms. The molecular formula is C43H27N3S. The van der Waals surface area contributed by atoms with E-state index in [9.17, 15) is 0 Å². The summed E-state index contributed by atoms with van der Waals surface area (Å²) < 4.78 is 2.64. The summed E-state index contributed by atoms with van der Waals surface area (Å²) in [6.07, 6.45) is 0. The Bertz CT molecular complexity index is 2510. The summed E-state index contributed by atoms with van der Waals surface area (Å²) in [5, 5.41) is 4.89. The van der Waals surface area contributed by atoms with Crippen molar-refractivity contribution in [2.75, 3.05) is 0 Å². The Morgan fingerprint density at radius 1 is 0.319 bits per heavy atom. The molecule has 0 aliphatic carbocycles. The second kappa shape index (κ2) is 11.4. The van der Waals surface area contributed by atoms with Crippen LogP contribution in [0.3, 0.4) is 0 Å². The highest BCUT2D eigenvalue weighted by atomic mass is 32.1. The molecule has 0 atom stereocenters. The number of aromatic nitrogens is 3. The minimum atomic E-state index is 0.658. The normalized spacial score (nSPS) is 11.4. The van der Waals surface area contributed by atoms with Crippen LogP contribution in [0.5, 0.6) is 0 Å². The van der Waals surface area contributed by atoms with Crippen LogP contribution in [0.4, 0.5) is 0 Å². The molecule has 2 heterocycles. The third-order valence-corrected chi connectivity index (χ3v) is 9.97. The standard InChI is InChI=1S/C43H27N3S/c1-3-13-28(14-4-1)41-44-42(29-15-5-2-6-16-29)46-43(45-41)38-26-25-32(34-19-7-8-20-35(34)38)30-17-11-18-31(27-30)33-22-12-23-37-36-21-9-10-24-39(36)47-40(33)37/h1-27H. The van der Waals surface area contributed by atoms with Crippen LogP contribution in [0.1, 0.15) is 0 Å².